The van der Waals surface area contributed by atoms with Crippen molar-refractivity contribution in [2.45, 2.75) is 0 Å². The maximum absolute atomic E-state index is 12.3. The Morgan fingerprint density at radius 1 is 0.359 bits per heavy atom. The van der Waals surface area contributed by atoms with E-state index in [0.29, 0.717) is 5.56 Å². The Bertz CT molecular complexity index is 3820. The molecular formula is C58H32N6. The van der Waals surface area contributed by atoms with E-state index in [2.05, 4.69) is 190 Å². The zero-order chi connectivity index (χ0) is 42.0. The van der Waals surface area contributed by atoms with Crippen molar-refractivity contribution in [3.05, 3.63) is 200 Å². The quantitative estimate of drug-likeness (QED) is 0.162. The van der Waals surface area contributed by atoms with Crippen molar-refractivity contribution in [2.24, 2.45) is 0 Å². The van der Waals surface area contributed by atoms with Crippen LogP contribution >= 0.6 is 0 Å². The van der Waals surface area contributed by atoms with E-state index in [1.165, 1.54) is 10.8 Å². The second kappa shape index (κ2) is 13.0. The predicted octanol–water partition coefficient (Wildman–Crippen LogP) is 14.4. The van der Waals surface area contributed by atoms with Crippen molar-refractivity contribution in [2.75, 3.05) is 0 Å². The summed E-state index contributed by atoms with van der Waals surface area (Å²) in [6, 6.07) is 63.0. The molecule has 6 nitrogen and oxygen atoms in total. The van der Waals surface area contributed by atoms with Gasteiger partial charge >= 0.3 is 0 Å². The molecule has 4 aromatic heterocycles. The lowest BCUT2D eigenvalue weighted by Crippen LogP contribution is -2.11. The monoisotopic (exact) mass is 812 g/mol. The summed E-state index contributed by atoms with van der Waals surface area (Å²) in [5.41, 5.74) is 13.0. The van der Waals surface area contributed by atoms with E-state index in [-0.39, 0.29) is 0 Å². The van der Waals surface area contributed by atoms with Gasteiger partial charge in [0.1, 0.15) is 18.0 Å². The molecule has 4 heterocycles. The molecule has 0 saturated carbocycles. The number of benzene rings is 10. The Balaban J connectivity index is 1.30. The molecule has 14 aromatic rings. The summed E-state index contributed by atoms with van der Waals surface area (Å²) < 4.78 is 4.70. The Labute approximate surface area is 365 Å². The molecule has 14 rings (SSSR count). The highest BCUT2D eigenvalue weighted by atomic mass is 15.0. The Kier molecular flexibility index (Phi) is 7.08. The third kappa shape index (κ3) is 4.49. The van der Waals surface area contributed by atoms with Crippen LogP contribution in [-0.4, -0.2) is 24.1 Å². The number of pyridine rings is 1. The molecule has 294 valence electrons. The number of hydrogen-bond donors (Lipinski definition) is 0. The molecule has 0 aliphatic rings. The molecule has 0 saturated heterocycles. The van der Waals surface area contributed by atoms with Gasteiger partial charge in [-0.05, 0) is 56.4 Å². The molecule has 10 aromatic carbocycles. The molecule has 0 radical (unpaired) electrons. The minimum Gasteiger partial charge on any atom is -0.307 e. The molecule has 0 atom stereocenters. The van der Waals surface area contributed by atoms with Gasteiger partial charge < -0.3 is 9.13 Å². The fourth-order valence-corrected chi connectivity index (χ4v) is 11.1. The molecule has 6 heteroatoms. The second-order valence-corrected chi connectivity index (χ2v) is 16.6. The van der Waals surface area contributed by atoms with Crippen LogP contribution in [0.5, 0.6) is 0 Å². The number of fused-ring (bicyclic) bond motifs is 6. The van der Waals surface area contributed by atoms with Gasteiger partial charge in [-0.15, -0.1) is 0 Å². The average Bonchev–Trinajstić information content (AvgIpc) is 3.89. The summed E-state index contributed by atoms with van der Waals surface area (Å²) in [5, 5.41) is 24.5. The normalized spacial score (nSPS) is 12.0. The van der Waals surface area contributed by atoms with E-state index < -0.39 is 0 Å². The van der Waals surface area contributed by atoms with Crippen molar-refractivity contribution in [1.82, 2.24) is 24.1 Å². The van der Waals surface area contributed by atoms with Gasteiger partial charge in [0.15, 0.2) is 0 Å². The minimum atomic E-state index is 0.551. The van der Waals surface area contributed by atoms with Gasteiger partial charge in [0.25, 0.3) is 0 Å². The van der Waals surface area contributed by atoms with Gasteiger partial charge in [-0.3, -0.25) is 4.98 Å². The third-order valence-electron chi connectivity index (χ3n) is 13.5. The molecule has 0 bridgehead atoms. The lowest BCUT2D eigenvalue weighted by Gasteiger charge is -2.27. The molecular weight excluding hydrogens is 781 g/mol. The zero-order valence-electron chi connectivity index (χ0n) is 34.2. The fourth-order valence-electron chi connectivity index (χ4n) is 11.1. The standard InChI is InChI=1S/C58H32N6/c59-29-42-57(63-45-26-13-24-40-44-31-61-33-62-56(44)41-25-14-28-47(63)54(41)53(40)45)50(35-17-6-2-7-18-35)49(34-15-4-1-5-16-34)51(36-19-8-3-9-20-36)58(42)64-46-27-12-23-39-37-21-10-11-22-38(37)43-30-60-32-48(64)55(43)52(39)46/h1-28,30-33H. The van der Waals surface area contributed by atoms with Gasteiger partial charge in [-0.2, -0.15) is 5.26 Å². The molecule has 0 aliphatic carbocycles. The van der Waals surface area contributed by atoms with E-state index in [0.717, 1.165) is 121 Å². The van der Waals surface area contributed by atoms with Gasteiger partial charge in [-0.25, -0.2) is 9.97 Å². The SMILES string of the molecule is N#Cc1c(-n2c3cccc4c5ccccc5c5cncc2c5c43)c(-c2ccccc2)c(-c2ccccc2)c(-c2ccccc2)c1-n1c2cccc3c4cncnc4c4cccc1c4c32. The van der Waals surface area contributed by atoms with Crippen LogP contribution in [0.3, 0.4) is 0 Å². The maximum atomic E-state index is 12.3. The maximum Gasteiger partial charge on any atom is 0.116 e. The van der Waals surface area contributed by atoms with Crippen LogP contribution in [0.2, 0.25) is 0 Å². The average molecular weight is 813 g/mol. The van der Waals surface area contributed by atoms with Crippen LogP contribution in [0.1, 0.15) is 5.56 Å². The van der Waals surface area contributed by atoms with Crippen LogP contribution in [-0.2, 0) is 0 Å². The summed E-state index contributed by atoms with van der Waals surface area (Å²) in [5.74, 6) is 0. The molecule has 0 aliphatic heterocycles. The van der Waals surface area contributed by atoms with E-state index in [1.54, 1.807) is 6.33 Å². The van der Waals surface area contributed by atoms with Crippen molar-refractivity contribution in [3.8, 4) is 50.8 Å². The molecule has 0 spiro atoms. The zero-order valence-corrected chi connectivity index (χ0v) is 34.2. The first kappa shape index (κ1) is 34.8. The van der Waals surface area contributed by atoms with Crippen LogP contribution in [0.15, 0.2) is 195 Å². The van der Waals surface area contributed by atoms with Gasteiger partial charge in [0, 0.05) is 66.8 Å². The second-order valence-electron chi connectivity index (χ2n) is 16.6. The van der Waals surface area contributed by atoms with Crippen LogP contribution < -0.4 is 0 Å². The highest BCUT2D eigenvalue weighted by molar-refractivity contribution is 6.35. The lowest BCUT2D eigenvalue weighted by atomic mass is 9.82. The number of nitriles is 1. The molecule has 0 amide bonds. The number of rotatable bonds is 5. The van der Waals surface area contributed by atoms with Crippen LogP contribution in [0.25, 0.3) is 132 Å². The summed E-state index contributed by atoms with van der Waals surface area (Å²) in [6.45, 7) is 0. The van der Waals surface area contributed by atoms with E-state index >= 15 is 0 Å². The first-order valence-corrected chi connectivity index (χ1v) is 21.5. The third-order valence-corrected chi connectivity index (χ3v) is 13.5. The molecule has 0 N–H and O–H groups in total. The molecule has 64 heavy (non-hydrogen) atoms. The number of hydrogen-bond acceptors (Lipinski definition) is 4. The largest absolute Gasteiger partial charge is 0.307 e. The lowest BCUT2D eigenvalue weighted by molar-refractivity contribution is 1.12. The first-order valence-electron chi connectivity index (χ1n) is 21.5. The van der Waals surface area contributed by atoms with Gasteiger partial charge in [0.2, 0.25) is 0 Å². The summed E-state index contributed by atoms with van der Waals surface area (Å²) in [6.07, 6.45) is 7.55. The predicted molar refractivity (Wildman–Crippen MR) is 262 cm³/mol. The van der Waals surface area contributed by atoms with Crippen LogP contribution in [0.4, 0.5) is 0 Å². The first-order chi connectivity index (χ1) is 31.8. The van der Waals surface area contributed by atoms with E-state index in [9.17, 15) is 5.26 Å². The Hall–Kier alpha value is -8.92. The van der Waals surface area contributed by atoms with E-state index in [1.807, 2.05) is 18.6 Å². The number of nitrogens with zero attached hydrogens (tertiary/aromatic N) is 6. The van der Waals surface area contributed by atoms with Gasteiger partial charge in [0.05, 0.1) is 45.2 Å². The Morgan fingerprint density at radius 2 is 0.797 bits per heavy atom. The fraction of sp³-hybridized carbons (Fsp3) is 0. The minimum absolute atomic E-state index is 0.551. The number of aromatic nitrogens is 5. The topological polar surface area (TPSA) is 72.3 Å². The summed E-state index contributed by atoms with van der Waals surface area (Å²) in [7, 11) is 0. The van der Waals surface area contributed by atoms with Crippen LogP contribution in [0, 0.1) is 11.3 Å². The van der Waals surface area contributed by atoms with Crippen molar-refractivity contribution in [3.63, 3.8) is 0 Å². The Morgan fingerprint density at radius 3 is 1.38 bits per heavy atom. The smallest absolute Gasteiger partial charge is 0.116 e. The van der Waals surface area contributed by atoms with Crippen molar-refractivity contribution in [1.29, 1.82) is 5.26 Å². The summed E-state index contributed by atoms with van der Waals surface area (Å²) >= 11 is 0. The van der Waals surface area contributed by atoms with Crippen molar-refractivity contribution < 1.29 is 0 Å². The highest BCUT2D eigenvalue weighted by Crippen LogP contribution is 2.54. The van der Waals surface area contributed by atoms with Crippen molar-refractivity contribution >= 4 is 86.8 Å². The highest BCUT2D eigenvalue weighted by Gasteiger charge is 2.33. The molecule has 0 fully saturated rings. The molecule has 0 unspecified atom stereocenters. The summed E-state index contributed by atoms with van der Waals surface area (Å²) in [4.78, 5) is 14.3. The van der Waals surface area contributed by atoms with Gasteiger partial charge in [-0.1, -0.05) is 152 Å². The van der Waals surface area contributed by atoms with E-state index in [4.69, 9.17) is 9.97 Å².